The lowest BCUT2D eigenvalue weighted by Gasteiger charge is -1.97. The average Bonchev–Trinajstić information content (AvgIpc) is 1.35. The fourth-order valence-corrected chi connectivity index (χ4v) is 1.55. The summed E-state index contributed by atoms with van der Waals surface area (Å²) in [4.78, 5) is 0. The van der Waals surface area contributed by atoms with Crippen LogP contribution in [0.3, 0.4) is 0 Å². The SMILES string of the molecule is CCCP(N)P. The molecule has 0 aliphatic rings. The summed E-state index contributed by atoms with van der Waals surface area (Å²) in [6.07, 6.45) is 2.39. The highest BCUT2D eigenvalue weighted by Crippen LogP contribution is 2.34. The molecule has 0 fully saturated rings. The van der Waals surface area contributed by atoms with Gasteiger partial charge in [0.1, 0.15) is 0 Å². The van der Waals surface area contributed by atoms with Gasteiger partial charge in [-0.05, 0) is 13.9 Å². The Labute approximate surface area is 42.6 Å². The quantitative estimate of drug-likeness (QED) is 0.554. The van der Waals surface area contributed by atoms with Gasteiger partial charge in [0.25, 0.3) is 0 Å². The zero-order valence-electron chi connectivity index (χ0n) is 4.02. The minimum Gasteiger partial charge on any atom is -0.307 e. The van der Waals surface area contributed by atoms with Crippen LogP contribution in [0.25, 0.3) is 0 Å². The van der Waals surface area contributed by atoms with Crippen molar-refractivity contribution >= 4 is 16.7 Å². The van der Waals surface area contributed by atoms with Gasteiger partial charge in [0, 0.05) is 0 Å². The van der Waals surface area contributed by atoms with Crippen molar-refractivity contribution in [3.8, 4) is 0 Å². The molecule has 38 valence electrons. The lowest BCUT2D eigenvalue weighted by molar-refractivity contribution is 1.10. The van der Waals surface area contributed by atoms with Crippen LogP contribution in [-0.2, 0) is 0 Å². The van der Waals surface area contributed by atoms with Crippen molar-refractivity contribution in [2.45, 2.75) is 13.3 Å². The van der Waals surface area contributed by atoms with Crippen molar-refractivity contribution in [2.75, 3.05) is 6.16 Å². The summed E-state index contributed by atoms with van der Waals surface area (Å²) in [5.74, 6) is 0. The Morgan fingerprint density at radius 2 is 2.33 bits per heavy atom. The number of rotatable bonds is 2. The molecular weight excluding hydrogens is 112 g/mol. The molecule has 0 aromatic carbocycles. The van der Waals surface area contributed by atoms with Crippen LogP contribution in [0.4, 0.5) is 0 Å². The lowest BCUT2D eigenvalue weighted by Crippen LogP contribution is -1.82. The minimum atomic E-state index is -0.184. The molecule has 0 bridgehead atoms. The predicted molar refractivity (Wildman–Crippen MR) is 36.0 cm³/mol. The fourth-order valence-electron chi connectivity index (χ4n) is 0.258. The minimum absolute atomic E-state index is 0.184. The third-order valence-corrected chi connectivity index (χ3v) is 2.22. The van der Waals surface area contributed by atoms with Gasteiger partial charge >= 0.3 is 0 Å². The second kappa shape index (κ2) is 3.99. The Hall–Kier alpha value is 0.820. The summed E-state index contributed by atoms with van der Waals surface area (Å²) in [7, 11) is 2.44. The molecule has 1 nitrogen and oxygen atoms in total. The van der Waals surface area contributed by atoms with Crippen LogP contribution in [-0.4, -0.2) is 6.16 Å². The summed E-state index contributed by atoms with van der Waals surface area (Å²) in [6, 6.07) is 0. The molecular formula is C3H11NP2. The van der Waals surface area contributed by atoms with E-state index in [1.165, 1.54) is 12.6 Å². The van der Waals surface area contributed by atoms with Gasteiger partial charge < -0.3 is 5.50 Å². The number of hydrogen-bond donors (Lipinski definition) is 1. The molecule has 3 heteroatoms. The highest BCUT2D eigenvalue weighted by molar-refractivity contribution is 8.12. The fraction of sp³-hybridized carbons (Fsp3) is 1.00. The highest BCUT2D eigenvalue weighted by Gasteiger charge is 1.85. The van der Waals surface area contributed by atoms with Crippen LogP contribution in [0.15, 0.2) is 0 Å². The maximum absolute atomic E-state index is 5.43. The third-order valence-electron chi connectivity index (χ3n) is 0.482. The standard InChI is InChI=1S/C3H11NP2/c1-2-3-6(4)5/h2-5H2,1H3. The van der Waals surface area contributed by atoms with Gasteiger partial charge in [0.15, 0.2) is 0 Å². The van der Waals surface area contributed by atoms with Gasteiger partial charge in [0.2, 0.25) is 0 Å². The first-order valence-electron chi connectivity index (χ1n) is 2.04. The van der Waals surface area contributed by atoms with E-state index < -0.39 is 0 Å². The maximum atomic E-state index is 5.43. The molecule has 0 saturated heterocycles. The Bertz CT molecular complexity index is 30.0. The second-order valence-corrected chi connectivity index (χ2v) is 4.70. The van der Waals surface area contributed by atoms with E-state index in [1.54, 1.807) is 0 Å². The molecule has 0 radical (unpaired) electrons. The monoisotopic (exact) mass is 123 g/mol. The molecule has 0 aliphatic carbocycles. The smallest absolute Gasteiger partial charge is 0.0164 e. The Morgan fingerprint density at radius 1 is 1.83 bits per heavy atom. The summed E-state index contributed by atoms with van der Waals surface area (Å²) < 4.78 is 0. The summed E-state index contributed by atoms with van der Waals surface area (Å²) >= 11 is 0. The van der Waals surface area contributed by atoms with Crippen molar-refractivity contribution < 1.29 is 0 Å². The van der Waals surface area contributed by atoms with Crippen molar-refractivity contribution in [2.24, 2.45) is 5.50 Å². The second-order valence-electron chi connectivity index (χ2n) is 1.24. The van der Waals surface area contributed by atoms with E-state index in [4.69, 9.17) is 5.50 Å². The molecule has 2 unspecified atom stereocenters. The van der Waals surface area contributed by atoms with E-state index in [2.05, 4.69) is 15.9 Å². The summed E-state index contributed by atoms with van der Waals surface area (Å²) in [6.45, 7) is 2.15. The van der Waals surface area contributed by atoms with Crippen LogP contribution in [0.2, 0.25) is 0 Å². The van der Waals surface area contributed by atoms with Gasteiger partial charge in [0.05, 0.1) is 0 Å². The van der Waals surface area contributed by atoms with Gasteiger partial charge in [-0.3, -0.25) is 0 Å². The molecule has 0 rings (SSSR count). The first kappa shape index (κ1) is 6.82. The number of hydrogen-bond acceptors (Lipinski definition) is 1. The van der Waals surface area contributed by atoms with E-state index >= 15 is 0 Å². The molecule has 0 spiro atoms. The van der Waals surface area contributed by atoms with Gasteiger partial charge in [-0.1, -0.05) is 22.3 Å². The Balaban J connectivity index is 2.63. The predicted octanol–water partition coefficient (Wildman–Crippen LogP) is 1.54. The molecule has 0 saturated carbocycles. The third kappa shape index (κ3) is 4.82. The topological polar surface area (TPSA) is 26.0 Å². The Kier molecular flexibility index (Phi) is 4.54. The summed E-state index contributed by atoms with van der Waals surface area (Å²) in [5, 5.41) is 0. The van der Waals surface area contributed by atoms with E-state index in [1.807, 2.05) is 0 Å². The zero-order chi connectivity index (χ0) is 4.99. The Morgan fingerprint density at radius 3 is 2.33 bits per heavy atom. The van der Waals surface area contributed by atoms with Crippen molar-refractivity contribution in [1.29, 1.82) is 0 Å². The molecule has 0 aliphatic heterocycles. The van der Waals surface area contributed by atoms with Crippen molar-refractivity contribution in [3.05, 3.63) is 0 Å². The molecule has 6 heavy (non-hydrogen) atoms. The largest absolute Gasteiger partial charge is 0.307 e. The summed E-state index contributed by atoms with van der Waals surface area (Å²) in [5.41, 5.74) is 5.43. The zero-order valence-corrected chi connectivity index (χ0v) is 6.07. The van der Waals surface area contributed by atoms with Crippen molar-refractivity contribution in [3.63, 3.8) is 0 Å². The molecule has 0 heterocycles. The van der Waals surface area contributed by atoms with E-state index in [0.29, 0.717) is 0 Å². The molecule has 2 atom stereocenters. The van der Waals surface area contributed by atoms with Gasteiger partial charge in [-0.15, -0.1) is 0 Å². The molecule has 0 amide bonds. The molecule has 0 aromatic heterocycles. The highest BCUT2D eigenvalue weighted by atomic mass is 32.0. The maximum Gasteiger partial charge on any atom is -0.0164 e. The van der Waals surface area contributed by atoms with Gasteiger partial charge in [-0.25, -0.2) is 0 Å². The molecule has 2 N–H and O–H groups in total. The van der Waals surface area contributed by atoms with Crippen LogP contribution in [0.5, 0.6) is 0 Å². The lowest BCUT2D eigenvalue weighted by atomic mass is 10.6. The van der Waals surface area contributed by atoms with Crippen LogP contribution in [0, 0.1) is 0 Å². The first-order chi connectivity index (χ1) is 2.77. The van der Waals surface area contributed by atoms with E-state index in [0.717, 1.165) is 0 Å². The average molecular weight is 123 g/mol. The first-order valence-corrected chi connectivity index (χ1v) is 5.25. The van der Waals surface area contributed by atoms with Crippen molar-refractivity contribution in [1.82, 2.24) is 0 Å². The van der Waals surface area contributed by atoms with E-state index in [-0.39, 0.29) is 7.76 Å². The van der Waals surface area contributed by atoms with Gasteiger partial charge in [-0.2, -0.15) is 0 Å². The van der Waals surface area contributed by atoms with E-state index in [9.17, 15) is 0 Å². The number of nitrogens with two attached hydrogens (primary N) is 1. The molecule has 0 aromatic rings. The van der Waals surface area contributed by atoms with Crippen LogP contribution in [0.1, 0.15) is 13.3 Å². The van der Waals surface area contributed by atoms with Crippen LogP contribution >= 0.6 is 16.7 Å². The normalized spacial score (nSPS) is 14.5. The van der Waals surface area contributed by atoms with Crippen LogP contribution < -0.4 is 5.50 Å².